The zero-order valence-electron chi connectivity index (χ0n) is 14.7. The van der Waals surface area contributed by atoms with Gasteiger partial charge in [0, 0.05) is 21.2 Å². The van der Waals surface area contributed by atoms with E-state index in [1.807, 2.05) is 0 Å². The number of amides is 2. The molecule has 7 nitrogen and oxygen atoms in total. The number of anilines is 1. The molecule has 1 aromatic heterocycles. The predicted octanol–water partition coefficient (Wildman–Crippen LogP) is 2.21. The number of thiophene rings is 1. The van der Waals surface area contributed by atoms with Gasteiger partial charge in [0.25, 0.3) is 5.91 Å². The van der Waals surface area contributed by atoms with Crippen molar-refractivity contribution < 1.29 is 23.9 Å². The lowest BCUT2D eigenvalue weighted by Gasteiger charge is -2.49. The first-order valence-corrected chi connectivity index (χ1v) is 10.4. The molecule has 1 aromatic carbocycles. The number of carbonyl (C=O) groups is 3. The lowest BCUT2D eigenvalue weighted by atomic mass is 10.0. The van der Waals surface area contributed by atoms with Gasteiger partial charge in [-0.15, -0.1) is 23.1 Å². The highest BCUT2D eigenvalue weighted by molar-refractivity contribution is 8.00. The summed E-state index contributed by atoms with van der Waals surface area (Å²) < 4.78 is 14.3. The van der Waals surface area contributed by atoms with Crippen LogP contribution in [0.15, 0.2) is 34.8 Å². The number of carboxylic acid groups (broad SMARTS) is 1. The van der Waals surface area contributed by atoms with Crippen molar-refractivity contribution in [3.05, 3.63) is 40.7 Å². The predicted molar refractivity (Wildman–Crippen MR) is 106 cm³/mol. The highest BCUT2D eigenvalue weighted by atomic mass is 32.2. The van der Waals surface area contributed by atoms with Gasteiger partial charge >= 0.3 is 5.97 Å². The Labute approximate surface area is 167 Å². The number of fused-ring (bicyclic) bond motifs is 2. The third kappa shape index (κ3) is 3.12. The van der Waals surface area contributed by atoms with E-state index in [0.29, 0.717) is 22.4 Å². The molecule has 0 spiro atoms. The molecule has 2 aliphatic rings. The highest BCUT2D eigenvalue weighted by Gasteiger charge is 2.53. The van der Waals surface area contributed by atoms with E-state index in [9.17, 15) is 23.9 Å². The van der Waals surface area contributed by atoms with Gasteiger partial charge in [-0.25, -0.2) is 9.18 Å². The number of hydrogen-bond acceptors (Lipinski definition) is 6. The Morgan fingerprint density at radius 1 is 1.39 bits per heavy atom. The first-order chi connectivity index (χ1) is 13.4. The third-order valence-corrected chi connectivity index (χ3v) is 7.04. The molecular formula is C18H16FN3O4S2. The van der Waals surface area contributed by atoms with E-state index in [1.165, 1.54) is 40.1 Å². The highest BCUT2D eigenvalue weighted by Crippen LogP contribution is 2.40. The van der Waals surface area contributed by atoms with Crippen LogP contribution in [0.25, 0.3) is 10.1 Å². The molecule has 3 heterocycles. The van der Waals surface area contributed by atoms with Crippen molar-refractivity contribution in [3.63, 3.8) is 0 Å². The molecule has 2 atom stereocenters. The summed E-state index contributed by atoms with van der Waals surface area (Å²) in [5.41, 5.74) is 1.28. The maximum Gasteiger partial charge on any atom is 0.352 e. The van der Waals surface area contributed by atoms with Crippen molar-refractivity contribution >= 4 is 56.7 Å². The van der Waals surface area contributed by atoms with Crippen molar-refractivity contribution in [3.8, 4) is 0 Å². The average Bonchev–Trinajstić information content (AvgIpc) is 3.06. The first-order valence-electron chi connectivity index (χ1n) is 8.44. The molecule has 10 heteroatoms. The second kappa shape index (κ2) is 7.10. The SMILES string of the molecule is CC1=C(C(=O)O)N2C(=O)C(NC(=O)CNc3csc4ccc(F)cc34)[C@@H]2SC1. The maximum absolute atomic E-state index is 13.4. The molecule has 146 valence electrons. The van der Waals surface area contributed by atoms with Gasteiger partial charge < -0.3 is 15.7 Å². The summed E-state index contributed by atoms with van der Waals surface area (Å²) in [6.07, 6.45) is 0. The van der Waals surface area contributed by atoms with Gasteiger partial charge in [-0.3, -0.25) is 14.5 Å². The number of benzene rings is 1. The maximum atomic E-state index is 13.4. The zero-order valence-corrected chi connectivity index (χ0v) is 16.3. The van der Waals surface area contributed by atoms with Gasteiger partial charge in [-0.1, -0.05) is 0 Å². The van der Waals surface area contributed by atoms with Gasteiger partial charge in [0.15, 0.2) is 0 Å². The summed E-state index contributed by atoms with van der Waals surface area (Å²) in [5.74, 6) is -1.82. The topological polar surface area (TPSA) is 98.7 Å². The van der Waals surface area contributed by atoms with E-state index in [-0.39, 0.29) is 18.1 Å². The molecule has 1 unspecified atom stereocenters. The fourth-order valence-corrected chi connectivity index (χ4v) is 5.50. The second-order valence-corrected chi connectivity index (χ2v) is 8.55. The lowest BCUT2D eigenvalue weighted by molar-refractivity contribution is -0.150. The number of aliphatic carboxylic acids is 1. The molecule has 0 radical (unpaired) electrons. The normalized spacial score (nSPS) is 21.4. The zero-order chi connectivity index (χ0) is 20.0. The fraction of sp³-hybridized carbons (Fsp3) is 0.278. The summed E-state index contributed by atoms with van der Waals surface area (Å²) in [4.78, 5) is 37.3. The fourth-order valence-electron chi connectivity index (χ4n) is 3.31. The number of carboxylic acids is 1. The van der Waals surface area contributed by atoms with Crippen LogP contribution in [0.4, 0.5) is 10.1 Å². The Kier molecular flexibility index (Phi) is 4.76. The number of thioether (sulfide) groups is 1. The van der Waals surface area contributed by atoms with Crippen molar-refractivity contribution in [2.75, 3.05) is 17.6 Å². The summed E-state index contributed by atoms with van der Waals surface area (Å²) in [5, 5.41) is 17.0. The summed E-state index contributed by atoms with van der Waals surface area (Å²) >= 11 is 2.86. The molecule has 0 bridgehead atoms. The van der Waals surface area contributed by atoms with Crippen LogP contribution in [0.5, 0.6) is 0 Å². The quantitative estimate of drug-likeness (QED) is 0.641. The average molecular weight is 421 g/mol. The molecule has 1 fully saturated rings. The van der Waals surface area contributed by atoms with E-state index in [1.54, 1.807) is 18.4 Å². The number of β-lactam (4-membered cyclic amide) rings is 1. The van der Waals surface area contributed by atoms with Crippen molar-refractivity contribution in [1.82, 2.24) is 10.2 Å². The molecule has 2 amide bonds. The van der Waals surface area contributed by atoms with Crippen molar-refractivity contribution in [2.45, 2.75) is 18.3 Å². The third-order valence-electron chi connectivity index (χ3n) is 4.65. The van der Waals surface area contributed by atoms with Crippen molar-refractivity contribution in [2.24, 2.45) is 0 Å². The molecule has 4 rings (SSSR count). The van der Waals surface area contributed by atoms with Gasteiger partial charge in [0.1, 0.15) is 22.9 Å². The number of halogens is 1. The van der Waals surface area contributed by atoms with E-state index < -0.39 is 29.2 Å². The van der Waals surface area contributed by atoms with Crippen LogP contribution in [0, 0.1) is 5.82 Å². The molecule has 0 aliphatic carbocycles. The molecule has 1 saturated heterocycles. The summed E-state index contributed by atoms with van der Waals surface area (Å²) in [7, 11) is 0. The Balaban J connectivity index is 1.39. The Morgan fingerprint density at radius 2 is 2.18 bits per heavy atom. The van der Waals surface area contributed by atoms with Gasteiger partial charge in [0.05, 0.1) is 12.2 Å². The van der Waals surface area contributed by atoms with Gasteiger partial charge in [-0.05, 0) is 30.7 Å². The molecule has 3 N–H and O–H groups in total. The van der Waals surface area contributed by atoms with Crippen LogP contribution < -0.4 is 10.6 Å². The molecule has 2 aromatic rings. The van der Waals surface area contributed by atoms with Crippen molar-refractivity contribution in [1.29, 1.82) is 0 Å². The minimum atomic E-state index is -1.14. The van der Waals surface area contributed by atoms with Gasteiger partial charge in [-0.2, -0.15) is 0 Å². The van der Waals surface area contributed by atoms with E-state index >= 15 is 0 Å². The second-order valence-electron chi connectivity index (χ2n) is 6.53. The number of nitrogens with one attached hydrogen (secondary N) is 2. The van der Waals surface area contributed by atoms with E-state index in [0.717, 1.165) is 4.70 Å². The molecule has 2 aliphatic heterocycles. The Bertz CT molecular complexity index is 1040. The molecule has 0 saturated carbocycles. The van der Waals surface area contributed by atoms with Gasteiger partial charge in [0.2, 0.25) is 5.91 Å². The smallest absolute Gasteiger partial charge is 0.352 e. The standard InChI is InChI=1S/C18H16FN3O4S2/c1-8-6-28-17-14(16(24)22(17)15(8)18(25)26)21-13(23)5-20-11-7-27-12-3-2-9(19)4-10(11)12/h2-4,7,14,17,20H,5-6H2,1H3,(H,21,23)(H,25,26)/t14?,17-/m0/s1. The molecular weight excluding hydrogens is 405 g/mol. The number of nitrogens with zero attached hydrogens (tertiary/aromatic N) is 1. The largest absolute Gasteiger partial charge is 0.477 e. The monoisotopic (exact) mass is 421 g/mol. The Morgan fingerprint density at radius 3 is 2.93 bits per heavy atom. The van der Waals surface area contributed by atoms with E-state index in [2.05, 4.69) is 10.6 Å². The van der Waals surface area contributed by atoms with Crippen LogP contribution >= 0.6 is 23.1 Å². The van der Waals surface area contributed by atoms with Crippen LogP contribution in [-0.4, -0.2) is 51.5 Å². The van der Waals surface area contributed by atoms with Crippen LogP contribution in [0.2, 0.25) is 0 Å². The first kappa shape index (κ1) is 18.8. The number of carbonyl (C=O) groups excluding carboxylic acids is 2. The number of rotatable bonds is 5. The Hall–Kier alpha value is -2.59. The van der Waals surface area contributed by atoms with Crippen LogP contribution in [0.1, 0.15) is 6.92 Å². The minimum absolute atomic E-state index is 0.00384. The summed E-state index contributed by atoms with van der Waals surface area (Å²) in [6.45, 7) is 1.61. The summed E-state index contributed by atoms with van der Waals surface area (Å²) in [6, 6.07) is 3.71. The van der Waals surface area contributed by atoms with Crippen LogP contribution in [-0.2, 0) is 14.4 Å². The minimum Gasteiger partial charge on any atom is -0.477 e. The lowest BCUT2D eigenvalue weighted by Crippen LogP contribution is -2.70. The number of hydrogen-bond donors (Lipinski definition) is 3. The van der Waals surface area contributed by atoms with E-state index in [4.69, 9.17) is 0 Å². The van der Waals surface area contributed by atoms with Crippen LogP contribution in [0.3, 0.4) is 0 Å². The molecule has 28 heavy (non-hydrogen) atoms.